The van der Waals surface area contributed by atoms with E-state index in [0.717, 1.165) is 108 Å². The second kappa shape index (κ2) is 67.5. The molecule has 2 unspecified atom stereocenters. The summed E-state index contributed by atoms with van der Waals surface area (Å²) in [4.78, 5) is 72.8. The Labute approximate surface area is 588 Å². The maximum Gasteiger partial charge on any atom is 0.472 e. The van der Waals surface area contributed by atoms with E-state index in [0.29, 0.717) is 25.7 Å². The molecule has 0 fully saturated rings. The molecule has 0 bridgehead atoms. The Morgan fingerprint density at radius 3 is 0.708 bits per heavy atom. The summed E-state index contributed by atoms with van der Waals surface area (Å²) in [6.45, 7) is 11.9. The Balaban J connectivity index is 5.24. The molecule has 570 valence electrons. The number of carbonyl (C=O) groups is 4. The van der Waals surface area contributed by atoms with Crippen LogP contribution in [0.1, 0.15) is 395 Å². The SMILES string of the molecule is CCCCCCCCCCCCCC(=O)OC[C@H](COP(=O)(O)OC[C@H](O)COP(=O)(O)OC[C@@H](COC(=O)CCCCCCCCCCCCCCCC(C)C)OC(=O)CCCCCCCCCCCCCCCCCC(C)C)OC(=O)CCCCCCCCCCC(C)C. The Kier molecular flexibility index (Phi) is 66.2. The van der Waals surface area contributed by atoms with Crippen LogP contribution in [-0.4, -0.2) is 96.7 Å². The van der Waals surface area contributed by atoms with Crippen molar-refractivity contribution in [1.29, 1.82) is 0 Å². The first-order valence-electron chi connectivity index (χ1n) is 39.8. The fraction of sp³-hybridized carbons (Fsp3) is 0.948. The quantitative estimate of drug-likeness (QED) is 0.0222. The van der Waals surface area contributed by atoms with Gasteiger partial charge in [0, 0.05) is 25.7 Å². The Bertz CT molecular complexity index is 1870. The van der Waals surface area contributed by atoms with Gasteiger partial charge in [0.05, 0.1) is 26.4 Å². The molecule has 0 aliphatic carbocycles. The number of aliphatic hydroxyl groups excluding tert-OH is 1. The van der Waals surface area contributed by atoms with Crippen molar-refractivity contribution in [3.8, 4) is 0 Å². The number of rotatable bonds is 75. The Morgan fingerprint density at radius 1 is 0.281 bits per heavy atom. The number of ether oxygens (including phenoxy) is 4. The normalized spacial score (nSPS) is 14.1. The Hall–Kier alpha value is -1.94. The van der Waals surface area contributed by atoms with Gasteiger partial charge >= 0.3 is 39.5 Å². The van der Waals surface area contributed by atoms with Crippen molar-refractivity contribution >= 4 is 39.5 Å². The third-order valence-electron chi connectivity index (χ3n) is 17.9. The lowest BCUT2D eigenvalue weighted by atomic mass is 10.0. The molecule has 19 heteroatoms. The van der Waals surface area contributed by atoms with Gasteiger partial charge in [0.15, 0.2) is 12.2 Å². The highest BCUT2D eigenvalue weighted by atomic mass is 31.2. The number of unbranched alkanes of at least 4 members (excludes halogenated alkanes) is 43. The third-order valence-corrected chi connectivity index (χ3v) is 19.8. The molecule has 0 radical (unpaired) electrons. The Morgan fingerprint density at radius 2 is 0.479 bits per heavy atom. The van der Waals surface area contributed by atoms with Crippen molar-refractivity contribution in [2.24, 2.45) is 17.8 Å². The zero-order valence-corrected chi connectivity index (χ0v) is 64.6. The van der Waals surface area contributed by atoms with Crippen LogP contribution < -0.4 is 0 Å². The first-order chi connectivity index (χ1) is 46.2. The molecular weight excluding hydrogens is 1260 g/mol. The number of hydrogen-bond acceptors (Lipinski definition) is 15. The molecule has 96 heavy (non-hydrogen) atoms. The van der Waals surface area contributed by atoms with Crippen molar-refractivity contribution < 1.29 is 80.2 Å². The van der Waals surface area contributed by atoms with Crippen LogP contribution in [0.25, 0.3) is 0 Å². The zero-order valence-electron chi connectivity index (χ0n) is 62.8. The zero-order chi connectivity index (χ0) is 70.9. The van der Waals surface area contributed by atoms with Crippen LogP contribution in [0.2, 0.25) is 0 Å². The van der Waals surface area contributed by atoms with Crippen molar-refractivity contribution in [3.63, 3.8) is 0 Å². The molecule has 0 aromatic carbocycles. The molecule has 3 N–H and O–H groups in total. The summed E-state index contributed by atoms with van der Waals surface area (Å²) in [5.41, 5.74) is 0. The fourth-order valence-corrected chi connectivity index (χ4v) is 13.4. The summed E-state index contributed by atoms with van der Waals surface area (Å²) in [6, 6.07) is 0. The average molecular weight is 1410 g/mol. The minimum absolute atomic E-state index is 0.105. The van der Waals surface area contributed by atoms with Crippen molar-refractivity contribution in [2.75, 3.05) is 39.6 Å². The number of hydrogen-bond donors (Lipinski definition) is 3. The van der Waals surface area contributed by atoms with Crippen LogP contribution in [0.4, 0.5) is 0 Å². The number of carbonyl (C=O) groups excluding carboxylic acids is 4. The minimum atomic E-state index is -4.96. The molecular formula is C77H150O17P2. The van der Waals surface area contributed by atoms with Gasteiger partial charge in [-0.15, -0.1) is 0 Å². The van der Waals surface area contributed by atoms with Gasteiger partial charge in [-0.05, 0) is 43.4 Å². The van der Waals surface area contributed by atoms with E-state index >= 15 is 0 Å². The largest absolute Gasteiger partial charge is 0.472 e. The van der Waals surface area contributed by atoms with Crippen LogP contribution in [0.5, 0.6) is 0 Å². The van der Waals surface area contributed by atoms with Crippen LogP contribution in [0.3, 0.4) is 0 Å². The second-order valence-corrected chi connectivity index (χ2v) is 32.1. The molecule has 0 aliphatic rings. The summed E-state index contributed by atoms with van der Waals surface area (Å²) in [6.07, 6.45) is 54.1. The van der Waals surface area contributed by atoms with E-state index in [1.54, 1.807) is 0 Å². The fourth-order valence-electron chi connectivity index (χ4n) is 11.8. The number of phosphoric ester groups is 2. The van der Waals surface area contributed by atoms with Gasteiger partial charge in [-0.3, -0.25) is 37.3 Å². The van der Waals surface area contributed by atoms with Gasteiger partial charge in [-0.2, -0.15) is 0 Å². The minimum Gasteiger partial charge on any atom is -0.462 e. The maximum atomic E-state index is 13.1. The molecule has 0 amide bonds. The van der Waals surface area contributed by atoms with E-state index in [4.69, 9.17) is 37.0 Å². The summed E-state index contributed by atoms with van der Waals surface area (Å²) in [7, 11) is -9.91. The van der Waals surface area contributed by atoms with E-state index < -0.39 is 97.5 Å². The van der Waals surface area contributed by atoms with E-state index in [-0.39, 0.29) is 25.7 Å². The molecule has 0 aromatic heterocycles. The van der Waals surface area contributed by atoms with E-state index in [1.165, 1.54) is 205 Å². The van der Waals surface area contributed by atoms with Gasteiger partial charge < -0.3 is 33.8 Å². The number of aliphatic hydroxyl groups is 1. The van der Waals surface area contributed by atoms with Crippen LogP contribution in [0, 0.1) is 17.8 Å². The summed E-state index contributed by atoms with van der Waals surface area (Å²) in [5, 5.41) is 10.6. The molecule has 0 heterocycles. The topological polar surface area (TPSA) is 237 Å². The summed E-state index contributed by atoms with van der Waals surface area (Å²) < 4.78 is 68.6. The molecule has 0 aliphatic heterocycles. The first kappa shape index (κ1) is 94.1. The van der Waals surface area contributed by atoms with Crippen molar-refractivity contribution in [2.45, 2.75) is 414 Å². The van der Waals surface area contributed by atoms with Crippen LogP contribution in [0.15, 0.2) is 0 Å². The second-order valence-electron chi connectivity index (χ2n) is 29.2. The molecule has 0 spiro atoms. The number of esters is 4. The lowest BCUT2D eigenvalue weighted by molar-refractivity contribution is -0.161. The van der Waals surface area contributed by atoms with Crippen molar-refractivity contribution in [1.82, 2.24) is 0 Å². The molecule has 0 saturated heterocycles. The van der Waals surface area contributed by atoms with Gasteiger partial charge in [0.1, 0.15) is 19.3 Å². The third kappa shape index (κ3) is 70.5. The van der Waals surface area contributed by atoms with E-state index in [2.05, 4.69) is 48.5 Å². The molecule has 0 saturated carbocycles. The van der Waals surface area contributed by atoms with Gasteiger partial charge in [-0.1, -0.05) is 344 Å². The summed E-state index contributed by atoms with van der Waals surface area (Å²) >= 11 is 0. The van der Waals surface area contributed by atoms with Crippen LogP contribution in [-0.2, 0) is 65.4 Å². The predicted octanol–water partition coefficient (Wildman–Crippen LogP) is 22.6. The monoisotopic (exact) mass is 1410 g/mol. The predicted molar refractivity (Wildman–Crippen MR) is 391 cm³/mol. The highest BCUT2D eigenvalue weighted by Crippen LogP contribution is 2.45. The molecule has 5 atom stereocenters. The van der Waals surface area contributed by atoms with Crippen molar-refractivity contribution in [3.05, 3.63) is 0 Å². The van der Waals surface area contributed by atoms with Crippen LogP contribution >= 0.6 is 15.6 Å². The standard InChI is InChI=1S/C77H150O17P2/c1-8-9-10-11-12-13-22-29-37-44-51-58-74(79)87-65-73(94-77(82)61-54-47-40-33-32-36-43-50-57-70(6)7)67-92-96(85,86)90-63-71(78)62-89-95(83,84)91-66-72(64-88-75(80)59-52-45-38-30-25-21-17-19-24-28-35-42-49-56-69(4)5)93-76(81)60-53-46-39-31-26-20-16-14-15-18-23-27-34-41-48-55-68(2)3/h68-73,78H,8-67H2,1-7H3,(H,83,84)(H,85,86)/t71-,72-,73-/m1/s1. The smallest absolute Gasteiger partial charge is 0.462 e. The average Bonchev–Trinajstić information content (AvgIpc) is 1.09. The molecule has 0 aromatic rings. The molecule has 17 nitrogen and oxygen atoms in total. The number of phosphoric acid groups is 2. The highest BCUT2D eigenvalue weighted by molar-refractivity contribution is 7.47. The van der Waals surface area contributed by atoms with Gasteiger partial charge in [0.2, 0.25) is 0 Å². The summed E-state index contributed by atoms with van der Waals surface area (Å²) in [5.74, 6) is 0.195. The lowest BCUT2D eigenvalue weighted by Crippen LogP contribution is -2.30. The molecule has 0 rings (SSSR count). The maximum absolute atomic E-state index is 13.1. The highest BCUT2D eigenvalue weighted by Gasteiger charge is 2.30. The van der Waals surface area contributed by atoms with E-state index in [1.807, 2.05) is 0 Å². The van der Waals surface area contributed by atoms with Gasteiger partial charge in [-0.25, -0.2) is 9.13 Å². The van der Waals surface area contributed by atoms with Gasteiger partial charge in [0.25, 0.3) is 0 Å². The lowest BCUT2D eigenvalue weighted by Gasteiger charge is -2.21. The first-order valence-corrected chi connectivity index (χ1v) is 42.8. The van der Waals surface area contributed by atoms with E-state index in [9.17, 15) is 43.2 Å².